The lowest BCUT2D eigenvalue weighted by Crippen LogP contribution is -2.19. The van der Waals surface area contributed by atoms with Crippen molar-refractivity contribution in [3.8, 4) is 11.3 Å². The fourth-order valence-corrected chi connectivity index (χ4v) is 3.94. The minimum atomic E-state index is -4.45. The van der Waals surface area contributed by atoms with E-state index in [1.165, 1.54) is 10.6 Å². The van der Waals surface area contributed by atoms with Gasteiger partial charge in [-0.2, -0.15) is 17.7 Å². The van der Waals surface area contributed by atoms with Crippen LogP contribution in [0.4, 0.5) is 19.0 Å². The van der Waals surface area contributed by atoms with Crippen LogP contribution in [0.3, 0.4) is 0 Å². The van der Waals surface area contributed by atoms with Gasteiger partial charge in [-0.1, -0.05) is 28.9 Å². The van der Waals surface area contributed by atoms with Gasteiger partial charge in [0.1, 0.15) is 11.5 Å². The van der Waals surface area contributed by atoms with E-state index in [9.17, 15) is 13.2 Å². The highest BCUT2D eigenvalue weighted by Gasteiger charge is 2.31. The number of aromatic nitrogens is 4. The van der Waals surface area contributed by atoms with Crippen LogP contribution in [0.1, 0.15) is 18.4 Å². The molecule has 31 heavy (non-hydrogen) atoms. The SMILES string of the molecule is FC(F)(F)c1cccc(-c2nnn3c2nc(NC[C@@H]2CCCO2)c2cc(Cl)ccc23)c1. The zero-order chi connectivity index (χ0) is 21.6. The molecule has 0 aliphatic carbocycles. The van der Waals surface area contributed by atoms with Gasteiger partial charge in [-0.3, -0.25) is 0 Å². The predicted octanol–water partition coefficient (Wildman–Crippen LogP) is 5.21. The molecule has 1 atom stereocenters. The van der Waals surface area contributed by atoms with E-state index in [0.717, 1.165) is 37.0 Å². The van der Waals surface area contributed by atoms with Crippen molar-refractivity contribution in [2.75, 3.05) is 18.5 Å². The van der Waals surface area contributed by atoms with Crippen molar-refractivity contribution < 1.29 is 17.9 Å². The molecule has 6 nitrogen and oxygen atoms in total. The van der Waals surface area contributed by atoms with E-state index in [4.69, 9.17) is 16.3 Å². The number of benzene rings is 2. The van der Waals surface area contributed by atoms with E-state index in [1.807, 2.05) is 0 Å². The lowest BCUT2D eigenvalue weighted by Gasteiger charge is -2.14. The van der Waals surface area contributed by atoms with Gasteiger partial charge in [-0.25, -0.2) is 4.98 Å². The molecule has 0 radical (unpaired) electrons. The number of ether oxygens (including phenoxy) is 1. The molecular weight excluding hydrogens is 431 g/mol. The Hall–Kier alpha value is -2.91. The molecule has 1 saturated heterocycles. The van der Waals surface area contributed by atoms with Gasteiger partial charge < -0.3 is 10.1 Å². The molecule has 0 bridgehead atoms. The standard InChI is InChI=1S/C21H17ClF3N5O/c22-14-6-7-17-16(10-14)19(26-11-15-5-2-8-31-15)27-20-18(28-29-30(17)20)12-3-1-4-13(9-12)21(23,24)25/h1,3-4,6-7,9-10,15H,2,5,8,11H2,(H,26,27)/t15-/m0/s1. The normalized spacial score (nSPS) is 17.0. The molecule has 0 spiro atoms. The maximum absolute atomic E-state index is 13.2. The Balaban J connectivity index is 1.65. The van der Waals surface area contributed by atoms with E-state index in [0.29, 0.717) is 28.5 Å². The van der Waals surface area contributed by atoms with E-state index in [2.05, 4.69) is 20.6 Å². The van der Waals surface area contributed by atoms with E-state index >= 15 is 0 Å². The maximum Gasteiger partial charge on any atom is 0.416 e. The van der Waals surface area contributed by atoms with Gasteiger partial charge in [-0.05, 0) is 43.2 Å². The molecule has 2 aromatic heterocycles. The molecule has 0 unspecified atom stereocenters. The van der Waals surface area contributed by atoms with Crippen molar-refractivity contribution in [2.24, 2.45) is 0 Å². The summed E-state index contributed by atoms with van der Waals surface area (Å²) in [5, 5.41) is 12.9. The summed E-state index contributed by atoms with van der Waals surface area (Å²) in [6.07, 6.45) is -2.41. The summed E-state index contributed by atoms with van der Waals surface area (Å²) >= 11 is 6.20. The summed E-state index contributed by atoms with van der Waals surface area (Å²) in [4.78, 5) is 4.67. The zero-order valence-electron chi connectivity index (χ0n) is 16.2. The summed E-state index contributed by atoms with van der Waals surface area (Å²) in [5.74, 6) is 0.552. The Kier molecular flexibility index (Phi) is 4.94. The zero-order valence-corrected chi connectivity index (χ0v) is 16.9. The smallest absolute Gasteiger partial charge is 0.376 e. The molecule has 0 saturated carbocycles. The fraction of sp³-hybridized carbons (Fsp3) is 0.286. The number of hydrogen-bond donors (Lipinski definition) is 1. The molecule has 5 rings (SSSR count). The molecular formula is C21H17ClF3N5O. The Bertz CT molecular complexity index is 1270. The number of nitrogens with zero attached hydrogens (tertiary/aromatic N) is 4. The molecule has 160 valence electrons. The average molecular weight is 448 g/mol. The van der Waals surface area contributed by atoms with Gasteiger partial charge in [0.25, 0.3) is 0 Å². The Labute approximate surface area is 180 Å². The van der Waals surface area contributed by atoms with Crippen LogP contribution < -0.4 is 5.32 Å². The van der Waals surface area contributed by atoms with Gasteiger partial charge in [0.05, 0.1) is 17.2 Å². The molecule has 1 aliphatic heterocycles. The second-order valence-electron chi connectivity index (χ2n) is 7.39. The molecule has 1 N–H and O–H groups in total. The largest absolute Gasteiger partial charge is 0.416 e. The quantitative estimate of drug-likeness (QED) is 0.465. The summed E-state index contributed by atoms with van der Waals surface area (Å²) in [6, 6.07) is 10.3. The number of alkyl halides is 3. The topological polar surface area (TPSA) is 64.3 Å². The molecule has 0 amide bonds. The average Bonchev–Trinajstić information content (AvgIpc) is 3.41. The van der Waals surface area contributed by atoms with Crippen LogP contribution in [-0.4, -0.2) is 39.1 Å². The third-order valence-electron chi connectivity index (χ3n) is 5.29. The molecule has 2 aromatic carbocycles. The summed E-state index contributed by atoms with van der Waals surface area (Å²) in [6.45, 7) is 1.29. The van der Waals surface area contributed by atoms with Crippen LogP contribution in [0, 0.1) is 0 Å². The van der Waals surface area contributed by atoms with Crippen LogP contribution in [0.15, 0.2) is 42.5 Å². The second kappa shape index (κ2) is 7.65. The first kappa shape index (κ1) is 20.0. The van der Waals surface area contributed by atoms with Crippen LogP contribution in [-0.2, 0) is 10.9 Å². The minimum absolute atomic E-state index is 0.0817. The monoisotopic (exact) mass is 447 g/mol. The molecule has 10 heteroatoms. The first-order valence-corrected chi connectivity index (χ1v) is 10.2. The van der Waals surface area contributed by atoms with Crippen molar-refractivity contribution in [2.45, 2.75) is 25.1 Å². The molecule has 4 aromatic rings. The van der Waals surface area contributed by atoms with Crippen molar-refractivity contribution in [1.29, 1.82) is 0 Å². The van der Waals surface area contributed by atoms with Crippen LogP contribution in [0.25, 0.3) is 27.8 Å². The van der Waals surface area contributed by atoms with Crippen LogP contribution >= 0.6 is 11.6 Å². The second-order valence-corrected chi connectivity index (χ2v) is 7.83. The maximum atomic E-state index is 13.2. The number of fused-ring (bicyclic) bond motifs is 3. The predicted molar refractivity (Wildman–Crippen MR) is 111 cm³/mol. The summed E-state index contributed by atoms with van der Waals surface area (Å²) in [5.41, 5.74) is 0.841. The third-order valence-corrected chi connectivity index (χ3v) is 5.53. The van der Waals surface area contributed by atoms with E-state index in [-0.39, 0.29) is 17.4 Å². The van der Waals surface area contributed by atoms with Crippen molar-refractivity contribution in [3.05, 3.63) is 53.1 Å². The highest BCUT2D eigenvalue weighted by atomic mass is 35.5. The van der Waals surface area contributed by atoms with Gasteiger partial charge in [0.2, 0.25) is 0 Å². The van der Waals surface area contributed by atoms with Crippen molar-refractivity contribution >= 4 is 34.0 Å². The molecule has 3 heterocycles. The minimum Gasteiger partial charge on any atom is -0.376 e. The Morgan fingerprint density at radius 3 is 2.84 bits per heavy atom. The first-order valence-electron chi connectivity index (χ1n) is 9.78. The molecule has 1 aliphatic rings. The van der Waals surface area contributed by atoms with Crippen molar-refractivity contribution in [1.82, 2.24) is 19.8 Å². The number of hydrogen-bond acceptors (Lipinski definition) is 5. The van der Waals surface area contributed by atoms with Gasteiger partial charge in [0.15, 0.2) is 5.65 Å². The van der Waals surface area contributed by atoms with Crippen molar-refractivity contribution in [3.63, 3.8) is 0 Å². The van der Waals surface area contributed by atoms with Gasteiger partial charge >= 0.3 is 6.18 Å². The lowest BCUT2D eigenvalue weighted by atomic mass is 10.1. The van der Waals surface area contributed by atoms with Gasteiger partial charge in [0, 0.05) is 29.1 Å². The van der Waals surface area contributed by atoms with Crippen LogP contribution in [0.2, 0.25) is 5.02 Å². The highest BCUT2D eigenvalue weighted by Crippen LogP contribution is 2.34. The number of anilines is 1. The Morgan fingerprint density at radius 1 is 1.19 bits per heavy atom. The highest BCUT2D eigenvalue weighted by molar-refractivity contribution is 6.31. The third kappa shape index (κ3) is 3.79. The number of nitrogens with one attached hydrogen (secondary N) is 1. The number of halogens is 4. The molecule has 1 fully saturated rings. The van der Waals surface area contributed by atoms with E-state index in [1.54, 1.807) is 24.3 Å². The van der Waals surface area contributed by atoms with E-state index < -0.39 is 11.7 Å². The summed E-state index contributed by atoms with van der Waals surface area (Å²) in [7, 11) is 0. The summed E-state index contributed by atoms with van der Waals surface area (Å²) < 4.78 is 46.8. The first-order chi connectivity index (χ1) is 14.9. The lowest BCUT2D eigenvalue weighted by molar-refractivity contribution is -0.137. The fourth-order valence-electron chi connectivity index (χ4n) is 3.77. The number of rotatable bonds is 4. The van der Waals surface area contributed by atoms with Crippen LogP contribution in [0.5, 0.6) is 0 Å². The Morgan fingerprint density at radius 2 is 2.06 bits per heavy atom. The van der Waals surface area contributed by atoms with Gasteiger partial charge in [-0.15, -0.1) is 5.10 Å².